The van der Waals surface area contributed by atoms with Crippen molar-refractivity contribution in [2.24, 2.45) is 5.84 Å². The Hall–Kier alpha value is -0.880. The first-order chi connectivity index (χ1) is 7.77. The van der Waals surface area contributed by atoms with Crippen molar-refractivity contribution in [1.29, 1.82) is 0 Å². The Morgan fingerprint density at radius 2 is 2.50 bits per heavy atom. The molecule has 2 aromatic heterocycles. The summed E-state index contributed by atoms with van der Waals surface area (Å²) >= 11 is 7.78. The molecule has 2 heterocycles. The van der Waals surface area contributed by atoms with Crippen molar-refractivity contribution >= 4 is 22.9 Å². The standard InChI is InChI=1S/C10H13ClN4S/c1-2-15-10(7(11)6-13-15)9(14-12)8-4-3-5-16-8/h3-6,9,14H,2,12H2,1H3. The molecule has 4 nitrogen and oxygen atoms in total. The second-order valence-corrected chi connectivity index (χ2v) is 4.70. The number of nitrogens with two attached hydrogens (primary N) is 1. The maximum Gasteiger partial charge on any atom is 0.0985 e. The highest BCUT2D eigenvalue weighted by Gasteiger charge is 2.21. The molecule has 0 radical (unpaired) electrons. The fourth-order valence-electron chi connectivity index (χ4n) is 1.66. The smallest absolute Gasteiger partial charge is 0.0985 e. The first-order valence-corrected chi connectivity index (χ1v) is 6.24. The van der Waals surface area contributed by atoms with Gasteiger partial charge in [-0.3, -0.25) is 10.5 Å². The summed E-state index contributed by atoms with van der Waals surface area (Å²) in [5, 5.41) is 6.86. The summed E-state index contributed by atoms with van der Waals surface area (Å²) in [6, 6.07) is 3.92. The topological polar surface area (TPSA) is 55.9 Å². The molecule has 86 valence electrons. The van der Waals surface area contributed by atoms with Gasteiger partial charge in [0, 0.05) is 11.4 Å². The van der Waals surface area contributed by atoms with Crippen LogP contribution in [-0.2, 0) is 6.54 Å². The summed E-state index contributed by atoms with van der Waals surface area (Å²) in [4.78, 5) is 1.12. The van der Waals surface area contributed by atoms with Gasteiger partial charge in [-0.05, 0) is 18.4 Å². The van der Waals surface area contributed by atoms with E-state index in [1.807, 2.05) is 29.1 Å². The highest BCUT2D eigenvalue weighted by atomic mass is 35.5. The van der Waals surface area contributed by atoms with Crippen molar-refractivity contribution in [3.63, 3.8) is 0 Å². The fraction of sp³-hybridized carbons (Fsp3) is 0.300. The average Bonchev–Trinajstić information content (AvgIpc) is 2.91. The molecule has 0 saturated heterocycles. The molecule has 0 saturated carbocycles. The molecule has 0 aromatic carbocycles. The van der Waals surface area contributed by atoms with E-state index >= 15 is 0 Å². The second kappa shape index (κ2) is 4.97. The van der Waals surface area contributed by atoms with Gasteiger partial charge in [0.25, 0.3) is 0 Å². The summed E-state index contributed by atoms with van der Waals surface area (Å²) in [5.41, 5.74) is 3.70. The van der Waals surface area contributed by atoms with Gasteiger partial charge in [0.15, 0.2) is 0 Å². The van der Waals surface area contributed by atoms with E-state index in [0.717, 1.165) is 17.1 Å². The lowest BCUT2D eigenvalue weighted by Gasteiger charge is -2.16. The minimum Gasteiger partial charge on any atom is -0.270 e. The minimum atomic E-state index is -0.102. The molecule has 2 rings (SSSR count). The second-order valence-electron chi connectivity index (χ2n) is 3.31. The van der Waals surface area contributed by atoms with E-state index < -0.39 is 0 Å². The van der Waals surface area contributed by atoms with Gasteiger partial charge in [0.1, 0.15) is 0 Å². The SMILES string of the molecule is CCn1ncc(Cl)c1C(NN)c1cccs1. The predicted octanol–water partition coefficient (Wildman–Crippen LogP) is 2.17. The van der Waals surface area contributed by atoms with Crippen molar-refractivity contribution in [1.82, 2.24) is 15.2 Å². The van der Waals surface area contributed by atoms with Crippen LogP contribution in [-0.4, -0.2) is 9.78 Å². The van der Waals surface area contributed by atoms with Gasteiger partial charge in [0.05, 0.1) is 23.0 Å². The van der Waals surface area contributed by atoms with Crippen LogP contribution in [0.25, 0.3) is 0 Å². The lowest BCUT2D eigenvalue weighted by atomic mass is 10.2. The summed E-state index contributed by atoms with van der Waals surface area (Å²) in [7, 11) is 0. The maximum atomic E-state index is 6.14. The number of nitrogens with zero attached hydrogens (tertiary/aromatic N) is 2. The number of halogens is 1. The lowest BCUT2D eigenvalue weighted by molar-refractivity contribution is 0.548. The zero-order valence-electron chi connectivity index (χ0n) is 8.85. The van der Waals surface area contributed by atoms with E-state index in [-0.39, 0.29) is 6.04 Å². The predicted molar refractivity (Wildman–Crippen MR) is 66.4 cm³/mol. The molecule has 1 unspecified atom stereocenters. The van der Waals surface area contributed by atoms with Crippen LogP contribution < -0.4 is 11.3 Å². The van der Waals surface area contributed by atoms with Crippen LogP contribution in [0.3, 0.4) is 0 Å². The third-order valence-electron chi connectivity index (χ3n) is 2.40. The van der Waals surface area contributed by atoms with E-state index in [9.17, 15) is 0 Å². The van der Waals surface area contributed by atoms with Gasteiger partial charge < -0.3 is 0 Å². The average molecular weight is 257 g/mol. The van der Waals surface area contributed by atoms with Crippen molar-refractivity contribution < 1.29 is 0 Å². The summed E-state index contributed by atoms with van der Waals surface area (Å²) in [6.07, 6.45) is 1.65. The molecule has 0 amide bonds. The Labute approximate surface area is 103 Å². The summed E-state index contributed by atoms with van der Waals surface area (Å²) in [6.45, 7) is 2.79. The van der Waals surface area contributed by atoms with Crippen LogP contribution in [0, 0.1) is 0 Å². The largest absolute Gasteiger partial charge is 0.270 e. The quantitative estimate of drug-likeness (QED) is 0.651. The zero-order chi connectivity index (χ0) is 11.5. The Kier molecular flexibility index (Phi) is 3.60. The van der Waals surface area contributed by atoms with E-state index in [1.165, 1.54) is 0 Å². The van der Waals surface area contributed by atoms with Crippen molar-refractivity contribution in [3.05, 3.63) is 39.3 Å². The lowest BCUT2D eigenvalue weighted by Crippen LogP contribution is -2.30. The Bertz CT molecular complexity index is 451. The molecule has 0 aliphatic carbocycles. The molecule has 1 atom stereocenters. The van der Waals surface area contributed by atoms with E-state index in [4.69, 9.17) is 17.4 Å². The van der Waals surface area contributed by atoms with Gasteiger partial charge in [0.2, 0.25) is 0 Å². The van der Waals surface area contributed by atoms with E-state index in [2.05, 4.69) is 10.5 Å². The molecule has 6 heteroatoms. The molecule has 3 N–H and O–H groups in total. The van der Waals surface area contributed by atoms with Crippen LogP contribution in [0.1, 0.15) is 23.5 Å². The molecule has 2 aromatic rings. The molecule has 0 spiro atoms. The number of nitrogens with one attached hydrogen (secondary N) is 1. The normalized spacial score (nSPS) is 12.9. The van der Waals surface area contributed by atoms with Gasteiger partial charge in [-0.2, -0.15) is 5.10 Å². The molecular formula is C10H13ClN4S. The molecule has 0 aliphatic rings. The third kappa shape index (κ3) is 1.99. The van der Waals surface area contributed by atoms with Crippen LogP contribution in [0.15, 0.2) is 23.7 Å². The fourth-order valence-corrected chi connectivity index (χ4v) is 2.70. The molecular weight excluding hydrogens is 244 g/mol. The monoisotopic (exact) mass is 256 g/mol. The number of rotatable bonds is 4. The zero-order valence-corrected chi connectivity index (χ0v) is 10.4. The maximum absolute atomic E-state index is 6.14. The summed E-state index contributed by atoms with van der Waals surface area (Å²) < 4.78 is 1.85. The van der Waals surface area contributed by atoms with Crippen LogP contribution >= 0.6 is 22.9 Å². The van der Waals surface area contributed by atoms with E-state index in [1.54, 1.807) is 17.5 Å². The molecule has 0 fully saturated rings. The number of hydrogen-bond donors (Lipinski definition) is 2. The molecule has 0 aliphatic heterocycles. The first kappa shape index (κ1) is 11.6. The number of aryl methyl sites for hydroxylation is 1. The Morgan fingerprint density at radius 1 is 1.69 bits per heavy atom. The highest BCUT2D eigenvalue weighted by molar-refractivity contribution is 7.10. The van der Waals surface area contributed by atoms with Crippen LogP contribution in [0.4, 0.5) is 0 Å². The first-order valence-electron chi connectivity index (χ1n) is 4.98. The number of aromatic nitrogens is 2. The minimum absolute atomic E-state index is 0.102. The van der Waals surface area contributed by atoms with Crippen molar-refractivity contribution in [3.8, 4) is 0 Å². The Balaban J connectivity index is 2.44. The van der Waals surface area contributed by atoms with Gasteiger partial charge in [-0.15, -0.1) is 11.3 Å². The Morgan fingerprint density at radius 3 is 3.06 bits per heavy atom. The van der Waals surface area contributed by atoms with Gasteiger partial charge in [-0.1, -0.05) is 17.7 Å². The number of hydrogen-bond acceptors (Lipinski definition) is 4. The summed E-state index contributed by atoms with van der Waals surface area (Å²) in [5.74, 6) is 5.60. The van der Waals surface area contributed by atoms with Gasteiger partial charge >= 0.3 is 0 Å². The molecule has 16 heavy (non-hydrogen) atoms. The van der Waals surface area contributed by atoms with Crippen molar-refractivity contribution in [2.75, 3.05) is 0 Å². The number of hydrazine groups is 1. The van der Waals surface area contributed by atoms with Crippen molar-refractivity contribution in [2.45, 2.75) is 19.5 Å². The van der Waals surface area contributed by atoms with Gasteiger partial charge in [-0.25, -0.2) is 5.43 Å². The van der Waals surface area contributed by atoms with Crippen LogP contribution in [0.2, 0.25) is 5.02 Å². The number of thiophene rings is 1. The third-order valence-corrected chi connectivity index (χ3v) is 3.63. The molecule has 0 bridgehead atoms. The van der Waals surface area contributed by atoms with E-state index in [0.29, 0.717) is 5.02 Å². The van der Waals surface area contributed by atoms with Crippen LogP contribution in [0.5, 0.6) is 0 Å². The highest BCUT2D eigenvalue weighted by Crippen LogP contribution is 2.30.